The van der Waals surface area contributed by atoms with Crippen molar-refractivity contribution >= 4 is 12.1 Å². The molecular formula is C13H21NO. The number of carbonyl (C=O) groups excluding carboxylic acids is 1. The zero-order chi connectivity index (χ0) is 11.5. The Kier molecular flexibility index (Phi) is 8.44. The number of amides is 1. The van der Waals surface area contributed by atoms with Gasteiger partial charge < -0.3 is 4.90 Å². The minimum Gasteiger partial charge on any atom is -0.315 e. The first-order chi connectivity index (χ1) is 7.29. The Hall–Kier alpha value is -1.31. The topological polar surface area (TPSA) is 20.3 Å². The first-order valence-corrected chi connectivity index (χ1v) is 5.57. The molecule has 0 saturated carbocycles. The third-order valence-electron chi connectivity index (χ3n) is 1.68. The molecule has 0 aliphatic rings. The predicted molar refractivity (Wildman–Crippen MR) is 66.1 cm³/mol. The Morgan fingerprint density at radius 1 is 1.13 bits per heavy atom. The average Bonchev–Trinajstić information content (AvgIpc) is 2.28. The molecule has 0 aliphatic carbocycles. The molecule has 15 heavy (non-hydrogen) atoms. The van der Waals surface area contributed by atoms with Crippen LogP contribution in [0.5, 0.6) is 0 Å². The second kappa shape index (κ2) is 9.25. The summed E-state index contributed by atoms with van der Waals surface area (Å²) in [4.78, 5) is 12.3. The second-order valence-corrected chi connectivity index (χ2v) is 3.34. The van der Waals surface area contributed by atoms with Crippen LogP contribution in [-0.4, -0.2) is 13.0 Å². The minimum atomic E-state index is 0.785. The standard InChI is InChI=1S/C10H13NO.C3H8/c1-2-8-11(9-12)10-6-4-3-5-7-10;1-3-2/h3-7,9H,2,8H2,1H3;3H2,1-2H3. The number of anilines is 1. The van der Waals surface area contributed by atoms with Gasteiger partial charge in [-0.15, -0.1) is 0 Å². The van der Waals surface area contributed by atoms with Gasteiger partial charge in [-0.25, -0.2) is 0 Å². The lowest BCUT2D eigenvalue weighted by atomic mass is 10.3. The van der Waals surface area contributed by atoms with Crippen molar-refractivity contribution in [1.82, 2.24) is 0 Å². The summed E-state index contributed by atoms with van der Waals surface area (Å²) in [7, 11) is 0. The molecule has 0 aromatic heterocycles. The molecule has 0 aliphatic heterocycles. The largest absolute Gasteiger partial charge is 0.315 e. The van der Waals surface area contributed by atoms with Gasteiger partial charge in [-0.2, -0.15) is 0 Å². The lowest BCUT2D eigenvalue weighted by Crippen LogP contribution is -2.21. The van der Waals surface area contributed by atoms with Gasteiger partial charge in [-0.3, -0.25) is 4.79 Å². The van der Waals surface area contributed by atoms with Crippen LogP contribution in [0.4, 0.5) is 5.69 Å². The molecule has 0 atom stereocenters. The molecule has 2 heteroatoms. The van der Waals surface area contributed by atoms with Crippen molar-refractivity contribution in [1.29, 1.82) is 0 Å². The van der Waals surface area contributed by atoms with E-state index in [2.05, 4.69) is 20.8 Å². The smallest absolute Gasteiger partial charge is 0.214 e. The monoisotopic (exact) mass is 207 g/mol. The highest BCUT2D eigenvalue weighted by Crippen LogP contribution is 2.10. The molecule has 0 fully saturated rings. The molecule has 0 heterocycles. The normalized spacial score (nSPS) is 8.73. The van der Waals surface area contributed by atoms with E-state index in [0.717, 1.165) is 25.1 Å². The SMILES string of the molecule is CCC.CCCN(C=O)c1ccccc1. The number of para-hydroxylation sites is 1. The summed E-state index contributed by atoms with van der Waals surface area (Å²) in [5.41, 5.74) is 0.967. The van der Waals surface area contributed by atoms with Crippen LogP contribution in [0.3, 0.4) is 0 Å². The molecule has 0 saturated heterocycles. The van der Waals surface area contributed by atoms with Gasteiger partial charge in [0, 0.05) is 12.2 Å². The molecule has 1 aromatic rings. The highest BCUT2D eigenvalue weighted by Gasteiger charge is 2.00. The molecule has 1 aromatic carbocycles. The van der Waals surface area contributed by atoms with Gasteiger partial charge in [0.05, 0.1) is 0 Å². The highest BCUT2D eigenvalue weighted by molar-refractivity contribution is 5.74. The van der Waals surface area contributed by atoms with E-state index in [1.54, 1.807) is 4.90 Å². The molecule has 1 rings (SSSR count). The fraction of sp³-hybridized carbons (Fsp3) is 0.462. The van der Waals surface area contributed by atoms with E-state index >= 15 is 0 Å². The van der Waals surface area contributed by atoms with Gasteiger partial charge in [0.2, 0.25) is 6.41 Å². The number of benzene rings is 1. The molecule has 0 radical (unpaired) electrons. The summed E-state index contributed by atoms with van der Waals surface area (Å²) in [6.07, 6.45) is 3.10. The summed E-state index contributed by atoms with van der Waals surface area (Å²) in [5, 5.41) is 0. The van der Waals surface area contributed by atoms with Gasteiger partial charge in [-0.1, -0.05) is 45.4 Å². The number of carbonyl (C=O) groups is 1. The van der Waals surface area contributed by atoms with Gasteiger partial charge in [0.25, 0.3) is 0 Å². The van der Waals surface area contributed by atoms with Crippen LogP contribution in [0.25, 0.3) is 0 Å². The molecule has 0 spiro atoms. The molecule has 2 nitrogen and oxygen atoms in total. The van der Waals surface area contributed by atoms with E-state index in [1.165, 1.54) is 6.42 Å². The first-order valence-electron chi connectivity index (χ1n) is 5.57. The van der Waals surface area contributed by atoms with E-state index in [1.807, 2.05) is 30.3 Å². The zero-order valence-corrected chi connectivity index (χ0v) is 9.94. The Labute approximate surface area is 92.9 Å². The number of nitrogens with zero attached hydrogens (tertiary/aromatic N) is 1. The summed E-state index contributed by atoms with van der Waals surface area (Å²) in [5.74, 6) is 0. The highest BCUT2D eigenvalue weighted by atomic mass is 16.1. The molecule has 0 N–H and O–H groups in total. The predicted octanol–water partition coefficient (Wildman–Crippen LogP) is 3.48. The summed E-state index contributed by atoms with van der Waals surface area (Å²) in [6, 6.07) is 9.68. The van der Waals surface area contributed by atoms with Gasteiger partial charge in [-0.05, 0) is 18.6 Å². The molecule has 0 unspecified atom stereocenters. The van der Waals surface area contributed by atoms with Crippen molar-refractivity contribution in [3.05, 3.63) is 30.3 Å². The maximum atomic E-state index is 10.6. The van der Waals surface area contributed by atoms with Crippen LogP contribution in [-0.2, 0) is 4.79 Å². The average molecular weight is 207 g/mol. The van der Waals surface area contributed by atoms with Crippen molar-refractivity contribution in [3.63, 3.8) is 0 Å². The van der Waals surface area contributed by atoms with Crippen LogP contribution >= 0.6 is 0 Å². The zero-order valence-electron chi connectivity index (χ0n) is 9.94. The lowest BCUT2D eigenvalue weighted by molar-refractivity contribution is -0.107. The second-order valence-electron chi connectivity index (χ2n) is 3.34. The van der Waals surface area contributed by atoms with Gasteiger partial charge in [0.1, 0.15) is 0 Å². The fourth-order valence-corrected chi connectivity index (χ4v) is 1.10. The van der Waals surface area contributed by atoms with E-state index in [9.17, 15) is 4.79 Å². The number of hydrogen-bond acceptors (Lipinski definition) is 1. The van der Waals surface area contributed by atoms with Crippen molar-refractivity contribution < 1.29 is 4.79 Å². The van der Waals surface area contributed by atoms with Crippen LogP contribution in [0.2, 0.25) is 0 Å². The Morgan fingerprint density at radius 2 is 1.67 bits per heavy atom. The molecule has 1 amide bonds. The third kappa shape index (κ3) is 5.89. The third-order valence-corrected chi connectivity index (χ3v) is 1.68. The first kappa shape index (κ1) is 13.7. The maximum absolute atomic E-state index is 10.6. The molecule has 0 bridgehead atoms. The van der Waals surface area contributed by atoms with Crippen LogP contribution in [0.15, 0.2) is 30.3 Å². The van der Waals surface area contributed by atoms with E-state index < -0.39 is 0 Å². The summed E-state index contributed by atoms with van der Waals surface area (Å²) in [6.45, 7) is 7.09. The van der Waals surface area contributed by atoms with E-state index in [-0.39, 0.29) is 0 Å². The van der Waals surface area contributed by atoms with Gasteiger partial charge >= 0.3 is 0 Å². The van der Waals surface area contributed by atoms with E-state index in [0.29, 0.717) is 0 Å². The number of hydrogen-bond donors (Lipinski definition) is 0. The summed E-state index contributed by atoms with van der Waals surface area (Å²) < 4.78 is 0. The van der Waals surface area contributed by atoms with Crippen molar-refractivity contribution in [2.45, 2.75) is 33.6 Å². The Morgan fingerprint density at radius 3 is 2.07 bits per heavy atom. The minimum absolute atomic E-state index is 0.785. The molecule has 84 valence electrons. The van der Waals surface area contributed by atoms with Crippen molar-refractivity contribution in [2.24, 2.45) is 0 Å². The molecular weight excluding hydrogens is 186 g/mol. The fourth-order valence-electron chi connectivity index (χ4n) is 1.10. The van der Waals surface area contributed by atoms with Crippen LogP contribution in [0.1, 0.15) is 33.6 Å². The lowest BCUT2D eigenvalue weighted by Gasteiger charge is -2.15. The summed E-state index contributed by atoms with van der Waals surface area (Å²) >= 11 is 0. The van der Waals surface area contributed by atoms with Crippen LogP contribution < -0.4 is 4.90 Å². The van der Waals surface area contributed by atoms with E-state index in [4.69, 9.17) is 0 Å². The van der Waals surface area contributed by atoms with Crippen LogP contribution in [0, 0.1) is 0 Å². The van der Waals surface area contributed by atoms with Crippen molar-refractivity contribution in [3.8, 4) is 0 Å². The maximum Gasteiger partial charge on any atom is 0.214 e. The van der Waals surface area contributed by atoms with Crippen molar-refractivity contribution in [2.75, 3.05) is 11.4 Å². The quantitative estimate of drug-likeness (QED) is 0.692. The number of rotatable bonds is 4. The van der Waals surface area contributed by atoms with Gasteiger partial charge in [0.15, 0.2) is 0 Å². The Balaban J connectivity index is 0.000000583. The Bertz CT molecular complexity index is 246.